The molecule has 1 unspecified atom stereocenters. The minimum Gasteiger partial charge on any atom is -0.454 e. The predicted molar refractivity (Wildman–Crippen MR) is 75.0 cm³/mol. The van der Waals surface area contributed by atoms with Gasteiger partial charge in [-0.1, -0.05) is 11.6 Å². The maximum absolute atomic E-state index is 10.5. The third-order valence-corrected chi connectivity index (χ3v) is 3.56. The smallest absolute Gasteiger partial charge is 0.231 e. The number of aliphatic hydroxyl groups excluding tert-OH is 1. The molecule has 104 valence electrons. The number of aryl methyl sites for hydroxylation is 1. The highest BCUT2D eigenvalue weighted by molar-refractivity contribution is 6.32. The molecule has 1 atom stereocenters. The van der Waals surface area contributed by atoms with Gasteiger partial charge in [-0.2, -0.15) is 0 Å². The van der Waals surface area contributed by atoms with E-state index in [0.29, 0.717) is 33.5 Å². The van der Waals surface area contributed by atoms with E-state index in [2.05, 4.69) is 4.98 Å². The Morgan fingerprint density at radius 2 is 2.20 bits per heavy atom. The number of rotatable bonds is 2. The van der Waals surface area contributed by atoms with Crippen LogP contribution >= 0.6 is 11.6 Å². The summed E-state index contributed by atoms with van der Waals surface area (Å²) in [4.78, 5) is 4.01. The molecule has 2 heterocycles. The molecule has 1 aromatic carbocycles. The number of nitrogens with two attached hydrogens (primary N) is 1. The topological polar surface area (TPSA) is 77.6 Å². The summed E-state index contributed by atoms with van der Waals surface area (Å²) >= 11 is 6.12. The van der Waals surface area contributed by atoms with Crippen molar-refractivity contribution in [2.45, 2.75) is 13.0 Å². The van der Waals surface area contributed by atoms with Crippen LogP contribution in [0, 0.1) is 6.92 Å². The zero-order valence-corrected chi connectivity index (χ0v) is 11.5. The van der Waals surface area contributed by atoms with E-state index < -0.39 is 6.10 Å². The maximum atomic E-state index is 10.5. The standard InChI is InChI=1S/C14H13ClN2O3/c1-7-2-3-17-14(16)11(7)12(18)8-4-9(15)13-10(5-8)19-6-20-13/h2-5,12,18H,6H2,1H3,(H2,16,17). The van der Waals surface area contributed by atoms with Crippen LogP contribution in [0.15, 0.2) is 24.4 Å². The second-order valence-corrected chi connectivity index (χ2v) is 4.97. The molecule has 1 aliphatic rings. The van der Waals surface area contributed by atoms with Gasteiger partial charge >= 0.3 is 0 Å². The van der Waals surface area contributed by atoms with Gasteiger partial charge in [0.15, 0.2) is 11.5 Å². The molecule has 0 radical (unpaired) electrons. The number of pyridine rings is 1. The number of ether oxygens (including phenoxy) is 2. The van der Waals surface area contributed by atoms with E-state index in [1.807, 2.05) is 6.92 Å². The fourth-order valence-electron chi connectivity index (χ4n) is 2.26. The first-order valence-electron chi connectivity index (χ1n) is 6.06. The minimum absolute atomic E-state index is 0.128. The summed E-state index contributed by atoms with van der Waals surface area (Å²) in [7, 11) is 0. The molecule has 0 saturated carbocycles. The Balaban J connectivity index is 2.07. The van der Waals surface area contributed by atoms with Crippen molar-refractivity contribution < 1.29 is 14.6 Å². The molecule has 20 heavy (non-hydrogen) atoms. The Kier molecular flexibility index (Phi) is 3.16. The molecular formula is C14H13ClN2O3. The number of hydrogen-bond donors (Lipinski definition) is 2. The first kappa shape index (κ1) is 13.0. The highest BCUT2D eigenvalue weighted by Crippen LogP contribution is 2.42. The van der Waals surface area contributed by atoms with Gasteiger partial charge in [0.1, 0.15) is 11.9 Å². The largest absolute Gasteiger partial charge is 0.454 e. The van der Waals surface area contributed by atoms with E-state index in [0.717, 1.165) is 5.56 Å². The van der Waals surface area contributed by atoms with Gasteiger partial charge in [-0.05, 0) is 36.2 Å². The summed E-state index contributed by atoms with van der Waals surface area (Å²) in [5, 5.41) is 10.9. The Hall–Kier alpha value is -1.98. The number of aliphatic hydroxyl groups is 1. The molecule has 0 fully saturated rings. The lowest BCUT2D eigenvalue weighted by Crippen LogP contribution is -2.07. The summed E-state index contributed by atoms with van der Waals surface area (Å²) in [6, 6.07) is 5.14. The van der Waals surface area contributed by atoms with Crippen molar-refractivity contribution in [2.75, 3.05) is 12.5 Å². The zero-order valence-electron chi connectivity index (χ0n) is 10.8. The Morgan fingerprint density at radius 1 is 1.40 bits per heavy atom. The Bertz CT molecular complexity index is 655. The van der Waals surface area contributed by atoms with Crippen molar-refractivity contribution in [2.24, 2.45) is 0 Å². The summed E-state index contributed by atoms with van der Waals surface area (Å²) in [5.41, 5.74) is 7.87. The average Bonchev–Trinajstić information content (AvgIpc) is 2.87. The van der Waals surface area contributed by atoms with Crippen LogP contribution < -0.4 is 15.2 Å². The summed E-state index contributed by atoms with van der Waals surface area (Å²) < 4.78 is 10.5. The van der Waals surface area contributed by atoms with Crippen molar-refractivity contribution in [1.29, 1.82) is 0 Å². The van der Waals surface area contributed by atoms with E-state index >= 15 is 0 Å². The minimum atomic E-state index is -0.921. The van der Waals surface area contributed by atoms with Crippen molar-refractivity contribution >= 4 is 17.4 Å². The second-order valence-electron chi connectivity index (χ2n) is 4.57. The van der Waals surface area contributed by atoms with Crippen LogP contribution in [0.4, 0.5) is 5.82 Å². The molecule has 6 heteroatoms. The van der Waals surface area contributed by atoms with Gasteiger partial charge in [-0.15, -0.1) is 0 Å². The number of nitrogen functional groups attached to an aromatic ring is 1. The molecular weight excluding hydrogens is 280 g/mol. The van der Waals surface area contributed by atoms with Gasteiger partial charge in [0.05, 0.1) is 5.02 Å². The van der Waals surface area contributed by atoms with Crippen molar-refractivity contribution in [3.63, 3.8) is 0 Å². The van der Waals surface area contributed by atoms with E-state index in [9.17, 15) is 5.11 Å². The fraction of sp³-hybridized carbons (Fsp3) is 0.214. The normalized spacial score (nSPS) is 14.3. The number of nitrogens with zero attached hydrogens (tertiary/aromatic N) is 1. The number of hydrogen-bond acceptors (Lipinski definition) is 5. The van der Waals surface area contributed by atoms with Gasteiger partial charge < -0.3 is 20.3 Å². The van der Waals surface area contributed by atoms with Crippen LogP contribution in [0.5, 0.6) is 11.5 Å². The third-order valence-electron chi connectivity index (χ3n) is 3.28. The molecule has 0 spiro atoms. The maximum Gasteiger partial charge on any atom is 0.231 e. The number of halogens is 1. The second kappa shape index (κ2) is 4.85. The van der Waals surface area contributed by atoms with Gasteiger partial charge in [0.25, 0.3) is 0 Å². The lowest BCUT2D eigenvalue weighted by Gasteiger charge is -2.16. The average molecular weight is 293 g/mol. The molecule has 1 aliphatic heterocycles. The lowest BCUT2D eigenvalue weighted by atomic mass is 9.98. The SMILES string of the molecule is Cc1ccnc(N)c1C(O)c1cc(Cl)c2c(c1)OCO2. The van der Waals surface area contributed by atoms with Crippen molar-refractivity contribution in [3.05, 3.63) is 46.1 Å². The Labute approximate surface area is 120 Å². The molecule has 5 nitrogen and oxygen atoms in total. The molecule has 1 aromatic heterocycles. The van der Waals surface area contributed by atoms with Crippen molar-refractivity contribution in [3.8, 4) is 11.5 Å². The van der Waals surface area contributed by atoms with Crippen LogP contribution in [0.25, 0.3) is 0 Å². The summed E-state index contributed by atoms with van der Waals surface area (Å²) in [6.07, 6.45) is 0.684. The first-order chi connectivity index (χ1) is 9.58. The number of fused-ring (bicyclic) bond motifs is 1. The predicted octanol–water partition coefficient (Wildman–Crippen LogP) is 2.44. The molecule has 0 aliphatic carbocycles. The molecule has 0 amide bonds. The molecule has 0 bridgehead atoms. The zero-order chi connectivity index (χ0) is 14.3. The molecule has 3 rings (SSSR count). The van der Waals surface area contributed by atoms with Gasteiger partial charge in [-0.25, -0.2) is 4.98 Å². The highest BCUT2D eigenvalue weighted by atomic mass is 35.5. The van der Waals surface area contributed by atoms with Gasteiger partial charge in [0, 0.05) is 11.8 Å². The van der Waals surface area contributed by atoms with Gasteiger partial charge in [-0.3, -0.25) is 0 Å². The number of benzene rings is 1. The monoisotopic (exact) mass is 292 g/mol. The van der Waals surface area contributed by atoms with Crippen LogP contribution in [0.3, 0.4) is 0 Å². The first-order valence-corrected chi connectivity index (χ1v) is 6.44. The van der Waals surface area contributed by atoms with E-state index in [-0.39, 0.29) is 6.79 Å². The number of aromatic nitrogens is 1. The van der Waals surface area contributed by atoms with E-state index in [4.69, 9.17) is 26.8 Å². The van der Waals surface area contributed by atoms with Crippen LogP contribution in [-0.2, 0) is 0 Å². The molecule has 3 N–H and O–H groups in total. The van der Waals surface area contributed by atoms with Crippen LogP contribution in [0.2, 0.25) is 5.02 Å². The van der Waals surface area contributed by atoms with E-state index in [1.165, 1.54) is 0 Å². The van der Waals surface area contributed by atoms with Gasteiger partial charge in [0.2, 0.25) is 6.79 Å². The van der Waals surface area contributed by atoms with Crippen molar-refractivity contribution in [1.82, 2.24) is 4.98 Å². The number of anilines is 1. The van der Waals surface area contributed by atoms with Crippen LogP contribution in [-0.4, -0.2) is 16.9 Å². The molecule has 2 aromatic rings. The van der Waals surface area contributed by atoms with Crippen LogP contribution in [0.1, 0.15) is 22.8 Å². The Morgan fingerprint density at radius 3 is 2.95 bits per heavy atom. The highest BCUT2D eigenvalue weighted by Gasteiger charge is 2.23. The fourth-order valence-corrected chi connectivity index (χ4v) is 2.53. The summed E-state index contributed by atoms with van der Waals surface area (Å²) in [5.74, 6) is 1.32. The van der Waals surface area contributed by atoms with E-state index in [1.54, 1.807) is 24.4 Å². The lowest BCUT2D eigenvalue weighted by molar-refractivity contribution is 0.173. The third kappa shape index (κ3) is 2.05. The molecule has 0 saturated heterocycles. The summed E-state index contributed by atoms with van der Waals surface area (Å²) in [6.45, 7) is 1.99. The quantitative estimate of drug-likeness (QED) is 0.889.